The minimum absolute atomic E-state index is 0.0197. The molecule has 1 amide bonds. The molecule has 0 saturated carbocycles. The molecule has 2 atom stereocenters. The highest BCUT2D eigenvalue weighted by molar-refractivity contribution is 7.16. The second-order valence-corrected chi connectivity index (χ2v) is 8.69. The third kappa shape index (κ3) is 4.24. The Labute approximate surface area is 155 Å². The van der Waals surface area contributed by atoms with E-state index >= 15 is 0 Å². The van der Waals surface area contributed by atoms with Crippen LogP contribution in [0.4, 0.5) is 5.00 Å². The van der Waals surface area contributed by atoms with Crippen molar-refractivity contribution < 1.29 is 4.79 Å². The third-order valence-corrected chi connectivity index (χ3v) is 6.95. The van der Waals surface area contributed by atoms with Gasteiger partial charge in [0.1, 0.15) is 11.1 Å². The molecule has 0 radical (unpaired) electrons. The Morgan fingerprint density at radius 2 is 1.84 bits per heavy atom. The second kappa shape index (κ2) is 8.33. The maximum absolute atomic E-state index is 12.6. The van der Waals surface area contributed by atoms with Gasteiger partial charge in [0.15, 0.2) is 0 Å². The zero-order chi connectivity index (χ0) is 17.8. The zero-order valence-corrected chi connectivity index (χ0v) is 16.3. The van der Waals surface area contributed by atoms with Crippen molar-refractivity contribution in [2.75, 3.05) is 11.9 Å². The Kier molecular flexibility index (Phi) is 6.14. The predicted octanol–water partition coefficient (Wildman–Crippen LogP) is 4.48. The molecule has 2 heterocycles. The maximum Gasteiger partial charge on any atom is 0.239 e. The summed E-state index contributed by atoms with van der Waals surface area (Å²) in [5.41, 5.74) is 1.91. The smallest absolute Gasteiger partial charge is 0.239 e. The van der Waals surface area contributed by atoms with Crippen molar-refractivity contribution in [3.8, 4) is 6.07 Å². The molecule has 1 N–H and O–H groups in total. The molecule has 1 fully saturated rings. The number of fused-ring (bicyclic) bond motifs is 1. The fourth-order valence-corrected chi connectivity index (χ4v) is 5.50. The summed E-state index contributed by atoms with van der Waals surface area (Å²) in [5, 5.41) is 13.5. The van der Waals surface area contributed by atoms with E-state index in [0.717, 1.165) is 42.7 Å². The monoisotopic (exact) mass is 359 g/mol. The van der Waals surface area contributed by atoms with Gasteiger partial charge in [-0.1, -0.05) is 19.3 Å². The summed E-state index contributed by atoms with van der Waals surface area (Å²) in [6.45, 7) is 4.84. The van der Waals surface area contributed by atoms with Gasteiger partial charge in [-0.2, -0.15) is 5.26 Å². The zero-order valence-electron chi connectivity index (χ0n) is 15.4. The van der Waals surface area contributed by atoms with Crippen molar-refractivity contribution in [1.29, 1.82) is 5.26 Å². The highest BCUT2D eigenvalue weighted by atomic mass is 32.1. The van der Waals surface area contributed by atoms with Gasteiger partial charge in [-0.25, -0.2) is 0 Å². The van der Waals surface area contributed by atoms with Crippen LogP contribution < -0.4 is 5.32 Å². The molecule has 0 bridgehead atoms. The Hall–Kier alpha value is -1.38. The quantitative estimate of drug-likeness (QED) is 0.865. The van der Waals surface area contributed by atoms with Crippen LogP contribution in [-0.4, -0.2) is 29.4 Å². The Bertz CT molecular complexity index is 651. The number of piperidine rings is 1. The van der Waals surface area contributed by atoms with Crippen LogP contribution in [0.2, 0.25) is 0 Å². The topological polar surface area (TPSA) is 56.1 Å². The Balaban J connectivity index is 1.72. The standard InChI is InChI=1S/C20H29N3OS/c1-14-8-7-9-15(2)23(14)13-19(24)22-20-17(12-21)16-10-5-3-4-6-11-18(16)25-20/h14-15H,3-11,13H2,1-2H3,(H,22,24). The molecule has 0 spiro atoms. The first-order valence-electron chi connectivity index (χ1n) is 9.70. The van der Waals surface area contributed by atoms with E-state index in [4.69, 9.17) is 0 Å². The molecule has 3 rings (SSSR count). The van der Waals surface area contributed by atoms with E-state index in [1.165, 1.54) is 36.1 Å². The van der Waals surface area contributed by atoms with Gasteiger partial charge in [0.25, 0.3) is 0 Å². The lowest BCUT2D eigenvalue weighted by molar-refractivity contribution is -0.118. The number of thiophene rings is 1. The number of nitriles is 1. The molecule has 2 unspecified atom stereocenters. The number of aryl methyl sites for hydroxylation is 1. The summed E-state index contributed by atoms with van der Waals surface area (Å²) >= 11 is 1.63. The van der Waals surface area contributed by atoms with Crippen molar-refractivity contribution in [1.82, 2.24) is 4.90 Å². The molecule has 1 aromatic heterocycles. The lowest BCUT2D eigenvalue weighted by atomic mass is 9.97. The van der Waals surface area contributed by atoms with Crippen molar-refractivity contribution in [3.63, 3.8) is 0 Å². The molecule has 1 aliphatic carbocycles. The number of rotatable bonds is 3. The minimum atomic E-state index is 0.0197. The average molecular weight is 360 g/mol. The molecule has 1 aliphatic heterocycles. The normalized spacial score (nSPS) is 24.7. The number of carbonyl (C=O) groups is 1. The van der Waals surface area contributed by atoms with E-state index < -0.39 is 0 Å². The molecular weight excluding hydrogens is 330 g/mol. The fourth-order valence-electron chi connectivity index (χ4n) is 4.24. The van der Waals surface area contributed by atoms with Gasteiger partial charge in [0, 0.05) is 17.0 Å². The first-order chi connectivity index (χ1) is 12.1. The number of amides is 1. The SMILES string of the molecule is CC1CCCC(C)N1CC(=O)Nc1sc2c(c1C#N)CCCCCC2. The molecule has 4 nitrogen and oxygen atoms in total. The number of anilines is 1. The maximum atomic E-state index is 12.6. The van der Waals surface area contributed by atoms with E-state index in [0.29, 0.717) is 18.6 Å². The molecule has 1 saturated heterocycles. The highest BCUT2D eigenvalue weighted by Gasteiger charge is 2.27. The van der Waals surface area contributed by atoms with E-state index in [2.05, 4.69) is 30.1 Å². The van der Waals surface area contributed by atoms with Gasteiger partial charge in [0.05, 0.1) is 12.1 Å². The van der Waals surface area contributed by atoms with Crippen LogP contribution in [0.3, 0.4) is 0 Å². The largest absolute Gasteiger partial charge is 0.315 e. The molecule has 2 aliphatic rings. The van der Waals surface area contributed by atoms with Crippen LogP contribution in [0.5, 0.6) is 0 Å². The van der Waals surface area contributed by atoms with Gasteiger partial charge in [-0.3, -0.25) is 9.69 Å². The molecule has 1 aromatic rings. The fraction of sp³-hybridized carbons (Fsp3) is 0.700. The highest BCUT2D eigenvalue weighted by Crippen LogP contribution is 2.36. The number of hydrogen-bond acceptors (Lipinski definition) is 4. The summed E-state index contributed by atoms with van der Waals surface area (Å²) < 4.78 is 0. The van der Waals surface area contributed by atoms with Gasteiger partial charge >= 0.3 is 0 Å². The van der Waals surface area contributed by atoms with Crippen LogP contribution in [0.15, 0.2) is 0 Å². The predicted molar refractivity (Wildman–Crippen MR) is 103 cm³/mol. The van der Waals surface area contributed by atoms with Crippen molar-refractivity contribution in [2.45, 2.75) is 83.7 Å². The van der Waals surface area contributed by atoms with Crippen LogP contribution in [-0.2, 0) is 17.6 Å². The molecule has 136 valence electrons. The van der Waals surface area contributed by atoms with Crippen molar-refractivity contribution in [3.05, 3.63) is 16.0 Å². The summed E-state index contributed by atoms with van der Waals surface area (Å²) in [4.78, 5) is 16.2. The van der Waals surface area contributed by atoms with Crippen LogP contribution in [0.1, 0.15) is 74.8 Å². The van der Waals surface area contributed by atoms with Gasteiger partial charge in [0.2, 0.25) is 5.91 Å². The first-order valence-corrected chi connectivity index (χ1v) is 10.5. The lowest BCUT2D eigenvalue weighted by Gasteiger charge is -2.38. The van der Waals surface area contributed by atoms with E-state index in [1.54, 1.807) is 11.3 Å². The van der Waals surface area contributed by atoms with E-state index in [1.807, 2.05) is 0 Å². The second-order valence-electron chi connectivity index (χ2n) is 7.58. The first kappa shape index (κ1) is 18.4. The Morgan fingerprint density at radius 1 is 1.16 bits per heavy atom. The van der Waals surface area contributed by atoms with E-state index in [-0.39, 0.29) is 5.91 Å². The van der Waals surface area contributed by atoms with Crippen LogP contribution in [0.25, 0.3) is 0 Å². The molecular formula is C20H29N3OS. The van der Waals surface area contributed by atoms with Crippen LogP contribution in [0, 0.1) is 11.3 Å². The van der Waals surface area contributed by atoms with Crippen molar-refractivity contribution >= 4 is 22.2 Å². The summed E-state index contributed by atoms with van der Waals surface area (Å²) in [5.74, 6) is 0.0197. The number of hydrogen-bond donors (Lipinski definition) is 1. The number of nitrogens with zero attached hydrogens (tertiary/aromatic N) is 2. The minimum Gasteiger partial charge on any atom is -0.315 e. The number of likely N-dealkylation sites (tertiary alicyclic amines) is 1. The molecule has 5 heteroatoms. The molecule has 25 heavy (non-hydrogen) atoms. The summed E-state index contributed by atoms with van der Waals surface area (Å²) in [7, 11) is 0. The van der Waals surface area contributed by atoms with Crippen LogP contribution >= 0.6 is 11.3 Å². The van der Waals surface area contributed by atoms with Gasteiger partial charge in [-0.05, 0) is 57.9 Å². The number of carbonyl (C=O) groups excluding carboxylic acids is 1. The average Bonchev–Trinajstić information content (AvgIpc) is 2.86. The van der Waals surface area contributed by atoms with E-state index in [9.17, 15) is 10.1 Å². The van der Waals surface area contributed by atoms with Gasteiger partial charge in [-0.15, -0.1) is 11.3 Å². The molecule has 0 aromatic carbocycles. The number of nitrogens with one attached hydrogen (secondary N) is 1. The summed E-state index contributed by atoms with van der Waals surface area (Å²) in [6.07, 6.45) is 10.4. The van der Waals surface area contributed by atoms with Crippen molar-refractivity contribution in [2.24, 2.45) is 0 Å². The third-order valence-electron chi connectivity index (χ3n) is 5.74. The van der Waals surface area contributed by atoms with Gasteiger partial charge < -0.3 is 5.32 Å². The Morgan fingerprint density at radius 3 is 2.52 bits per heavy atom. The summed E-state index contributed by atoms with van der Waals surface area (Å²) in [6, 6.07) is 3.27. The lowest BCUT2D eigenvalue weighted by Crippen LogP contribution is -2.47.